The molecule has 0 aliphatic rings. The molecule has 66 valence electrons. The van der Waals surface area contributed by atoms with Crippen molar-refractivity contribution < 1.29 is 9.18 Å². The molecule has 0 N–H and O–H groups in total. The lowest BCUT2D eigenvalue weighted by atomic mass is 10.1. The summed E-state index contributed by atoms with van der Waals surface area (Å²) in [5.74, 6) is -0.775. The van der Waals surface area contributed by atoms with Crippen molar-refractivity contribution in [1.29, 1.82) is 5.26 Å². The van der Waals surface area contributed by atoms with E-state index in [1.807, 2.05) is 6.92 Å². The number of nitrogens with zero attached hydrogens (tertiary/aromatic N) is 1. The lowest BCUT2D eigenvalue weighted by Crippen LogP contribution is -2.13. The van der Waals surface area contributed by atoms with Gasteiger partial charge in [-0.25, -0.2) is 4.39 Å². The van der Waals surface area contributed by atoms with Gasteiger partial charge in [0.1, 0.15) is 6.07 Å². The third-order valence-electron chi connectivity index (χ3n) is 1.68. The molecule has 0 bridgehead atoms. The maximum absolute atomic E-state index is 12.6. The van der Waals surface area contributed by atoms with Crippen LogP contribution in [0.3, 0.4) is 0 Å². The number of Topliss-reactive ketones (excluding diaryl/α,β-unsaturated/α-hetero) is 1. The molecule has 1 aromatic rings. The molecule has 0 aliphatic carbocycles. The van der Waals surface area contributed by atoms with Crippen LogP contribution >= 0.6 is 0 Å². The average Bonchev–Trinajstić information content (AvgIpc) is 2.17. The second kappa shape index (κ2) is 3.81. The van der Waals surface area contributed by atoms with E-state index in [1.54, 1.807) is 12.1 Å². The Morgan fingerprint density at radius 2 is 2.00 bits per heavy atom. The quantitative estimate of drug-likeness (QED) is 0.648. The molecule has 2 nitrogen and oxygen atoms in total. The summed E-state index contributed by atoms with van der Waals surface area (Å²) >= 11 is 0. The van der Waals surface area contributed by atoms with Gasteiger partial charge in [-0.05, 0) is 6.92 Å². The highest BCUT2D eigenvalue weighted by molar-refractivity contribution is 6.01. The van der Waals surface area contributed by atoms with E-state index in [2.05, 4.69) is 0 Å². The summed E-state index contributed by atoms with van der Waals surface area (Å²) in [5.41, 5.74) is 1.23. The Balaban J connectivity index is 2.91. The van der Waals surface area contributed by atoms with E-state index in [9.17, 15) is 9.18 Å². The highest BCUT2D eigenvalue weighted by Gasteiger charge is 2.17. The molecule has 1 rings (SSSR count). The van der Waals surface area contributed by atoms with Gasteiger partial charge in [-0.15, -0.1) is 0 Å². The number of rotatable bonds is 2. The van der Waals surface area contributed by atoms with Crippen LogP contribution < -0.4 is 0 Å². The van der Waals surface area contributed by atoms with Crippen LogP contribution in [0.25, 0.3) is 0 Å². The zero-order valence-corrected chi connectivity index (χ0v) is 7.12. The van der Waals surface area contributed by atoms with E-state index in [0.717, 1.165) is 5.56 Å². The second-order valence-electron chi connectivity index (χ2n) is 2.72. The molecule has 13 heavy (non-hydrogen) atoms. The molecule has 0 heterocycles. The molecule has 0 fully saturated rings. The molecule has 0 spiro atoms. The fraction of sp³-hybridized carbons (Fsp3) is 0.200. The Bertz CT molecular complexity index is 350. The van der Waals surface area contributed by atoms with Gasteiger partial charge < -0.3 is 0 Å². The van der Waals surface area contributed by atoms with Crippen LogP contribution in [-0.4, -0.2) is 12.0 Å². The number of carbonyl (C=O) groups excluding carboxylic acids is 1. The van der Waals surface area contributed by atoms with Gasteiger partial charge in [0.15, 0.2) is 0 Å². The Hall–Kier alpha value is -1.69. The van der Waals surface area contributed by atoms with Crippen LogP contribution in [0.1, 0.15) is 15.9 Å². The third-order valence-corrected chi connectivity index (χ3v) is 1.68. The number of halogens is 1. The topological polar surface area (TPSA) is 40.9 Å². The van der Waals surface area contributed by atoms with E-state index in [4.69, 9.17) is 5.26 Å². The first-order valence-electron chi connectivity index (χ1n) is 3.79. The standard InChI is InChI=1S/C10H8FNO/c1-7-2-4-8(5-3-7)10(13)9(11)6-12/h2-5,9H,1H3. The van der Waals surface area contributed by atoms with Crippen LogP contribution in [0.2, 0.25) is 0 Å². The lowest BCUT2D eigenvalue weighted by Gasteiger charge is -1.99. The minimum Gasteiger partial charge on any atom is -0.290 e. The molecule has 3 heteroatoms. The normalized spacial score (nSPS) is 11.8. The van der Waals surface area contributed by atoms with Gasteiger partial charge in [0.2, 0.25) is 12.0 Å². The first-order chi connectivity index (χ1) is 6.15. The van der Waals surface area contributed by atoms with Gasteiger partial charge in [-0.3, -0.25) is 4.79 Å². The summed E-state index contributed by atoms with van der Waals surface area (Å²) in [4.78, 5) is 11.1. The Kier molecular flexibility index (Phi) is 2.76. The highest BCUT2D eigenvalue weighted by atomic mass is 19.1. The summed E-state index contributed by atoms with van der Waals surface area (Å²) < 4.78 is 12.6. The molecule has 0 aromatic heterocycles. The van der Waals surface area contributed by atoms with E-state index >= 15 is 0 Å². The van der Waals surface area contributed by atoms with Crippen LogP contribution in [0, 0.1) is 18.3 Å². The van der Waals surface area contributed by atoms with E-state index in [0.29, 0.717) is 0 Å². The van der Waals surface area contributed by atoms with Crippen molar-refractivity contribution in [2.75, 3.05) is 0 Å². The van der Waals surface area contributed by atoms with Crippen molar-refractivity contribution in [2.24, 2.45) is 0 Å². The van der Waals surface area contributed by atoms with Crippen LogP contribution in [0.4, 0.5) is 4.39 Å². The predicted octanol–water partition coefficient (Wildman–Crippen LogP) is 2.04. The van der Waals surface area contributed by atoms with Gasteiger partial charge in [-0.1, -0.05) is 29.8 Å². The van der Waals surface area contributed by atoms with Gasteiger partial charge in [0.05, 0.1) is 0 Å². The molecule has 0 amide bonds. The minimum atomic E-state index is -2.05. The summed E-state index contributed by atoms with van der Waals surface area (Å²) in [6.45, 7) is 1.87. The Morgan fingerprint density at radius 3 is 2.46 bits per heavy atom. The number of hydrogen-bond donors (Lipinski definition) is 0. The van der Waals surface area contributed by atoms with E-state index in [1.165, 1.54) is 18.2 Å². The summed E-state index contributed by atoms with van der Waals surface area (Å²) in [5, 5.41) is 8.18. The molecule has 1 unspecified atom stereocenters. The zero-order chi connectivity index (χ0) is 9.84. The highest BCUT2D eigenvalue weighted by Crippen LogP contribution is 2.07. The number of aryl methyl sites for hydroxylation is 1. The monoisotopic (exact) mass is 177 g/mol. The fourth-order valence-corrected chi connectivity index (χ4v) is 0.923. The van der Waals surface area contributed by atoms with Crippen LogP contribution in [-0.2, 0) is 0 Å². The number of carbonyl (C=O) groups is 1. The zero-order valence-electron chi connectivity index (χ0n) is 7.12. The molecule has 0 aliphatic heterocycles. The van der Waals surface area contributed by atoms with Crippen molar-refractivity contribution in [3.05, 3.63) is 35.4 Å². The maximum atomic E-state index is 12.6. The van der Waals surface area contributed by atoms with Crippen molar-refractivity contribution >= 4 is 5.78 Å². The summed E-state index contributed by atoms with van der Waals surface area (Å²) in [6, 6.07) is 7.70. The van der Waals surface area contributed by atoms with Gasteiger partial charge in [0.25, 0.3) is 0 Å². The molecule has 0 saturated carbocycles. The van der Waals surface area contributed by atoms with E-state index < -0.39 is 12.0 Å². The molecule has 0 radical (unpaired) electrons. The lowest BCUT2D eigenvalue weighted by molar-refractivity contribution is 0.0918. The maximum Gasteiger partial charge on any atom is 0.248 e. The number of ketones is 1. The van der Waals surface area contributed by atoms with Crippen LogP contribution in [0.15, 0.2) is 24.3 Å². The minimum absolute atomic E-state index is 0.236. The predicted molar refractivity (Wildman–Crippen MR) is 46.0 cm³/mol. The molecular weight excluding hydrogens is 169 g/mol. The fourth-order valence-electron chi connectivity index (χ4n) is 0.923. The number of nitriles is 1. The third kappa shape index (κ3) is 2.12. The number of benzene rings is 1. The SMILES string of the molecule is Cc1ccc(C(=O)C(F)C#N)cc1. The summed E-state index contributed by atoms with van der Waals surface area (Å²) in [6.07, 6.45) is -2.05. The Morgan fingerprint density at radius 1 is 1.46 bits per heavy atom. The molecular formula is C10H8FNO. The molecule has 0 saturated heterocycles. The first-order valence-corrected chi connectivity index (χ1v) is 3.79. The summed E-state index contributed by atoms with van der Waals surface area (Å²) in [7, 11) is 0. The van der Waals surface area contributed by atoms with Gasteiger partial charge in [-0.2, -0.15) is 5.26 Å². The second-order valence-corrected chi connectivity index (χ2v) is 2.72. The van der Waals surface area contributed by atoms with E-state index in [-0.39, 0.29) is 5.56 Å². The van der Waals surface area contributed by atoms with Crippen molar-refractivity contribution in [3.63, 3.8) is 0 Å². The Labute approximate surface area is 75.6 Å². The molecule has 1 aromatic carbocycles. The van der Waals surface area contributed by atoms with Gasteiger partial charge in [0, 0.05) is 5.56 Å². The smallest absolute Gasteiger partial charge is 0.248 e. The largest absolute Gasteiger partial charge is 0.290 e. The van der Waals surface area contributed by atoms with Crippen molar-refractivity contribution in [2.45, 2.75) is 13.1 Å². The van der Waals surface area contributed by atoms with Crippen LogP contribution in [0.5, 0.6) is 0 Å². The molecule has 1 atom stereocenters. The average molecular weight is 177 g/mol. The first kappa shape index (κ1) is 9.40. The number of alkyl halides is 1. The van der Waals surface area contributed by atoms with Crippen molar-refractivity contribution in [1.82, 2.24) is 0 Å². The van der Waals surface area contributed by atoms with Crippen molar-refractivity contribution in [3.8, 4) is 6.07 Å². The van der Waals surface area contributed by atoms with Gasteiger partial charge >= 0.3 is 0 Å². The number of hydrogen-bond acceptors (Lipinski definition) is 2.